The SMILES string of the molecule is NC1CCCC(Oc2nnc3ccccc3n2)C1. The lowest BCUT2D eigenvalue weighted by molar-refractivity contribution is 0.131. The van der Waals surface area contributed by atoms with Gasteiger partial charge in [-0.1, -0.05) is 17.2 Å². The van der Waals surface area contributed by atoms with Gasteiger partial charge in [0.1, 0.15) is 11.6 Å². The van der Waals surface area contributed by atoms with Gasteiger partial charge in [-0.25, -0.2) is 0 Å². The molecule has 0 spiro atoms. The molecule has 1 fully saturated rings. The van der Waals surface area contributed by atoms with Crippen LogP contribution in [-0.2, 0) is 0 Å². The fourth-order valence-corrected chi connectivity index (χ4v) is 2.35. The van der Waals surface area contributed by atoms with Crippen molar-refractivity contribution in [3.63, 3.8) is 0 Å². The van der Waals surface area contributed by atoms with E-state index in [2.05, 4.69) is 15.2 Å². The number of hydrogen-bond donors (Lipinski definition) is 1. The van der Waals surface area contributed by atoms with Crippen molar-refractivity contribution in [2.24, 2.45) is 5.73 Å². The summed E-state index contributed by atoms with van der Waals surface area (Å²) in [4.78, 5) is 4.36. The normalized spacial score (nSPS) is 24.1. The maximum absolute atomic E-state index is 5.93. The summed E-state index contributed by atoms with van der Waals surface area (Å²) in [5.74, 6) is 0. The van der Waals surface area contributed by atoms with Gasteiger partial charge in [0.05, 0.1) is 5.52 Å². The van der Waals surface area contributed by atoms with Crippen LogP contribution in [-0.4, -0.2) is 27.3 Å². The van der Waals surface area contributed by atoms with Gasteiger partial charge in [-0.05, 0) is 37.8 Å². The van der Waals surface area contributed by atoms with Gasteiger partial charge in [0, 0.05) is 6.04 Å². The van der Waals surface area contributed by atoms with Gasteiger partial charge in [0.25, 0.3) is 0 Å². The quantitative estimate of drug-likeness (QED) is 0.869. The maximum atomic E-state index is 5.93. The van der Waals surface area contributed by atoms with E-state index in [9.17, 15) is 0 Å². The molecule has 2 atom stereocenters. The van der Waals surface area contributed by atoms with Crippen LogP contribution in [0.25, 0.3) is 11.0 Å². The van der Waals surface area contributed by atoms with Gasteiger partial charge in [-0.15, -0.1) is 5.10 Å². The molecule has 2 unspecified atom stereocenters. The summed E-state index contributed by atoms with van der Waals surface area (Å²) >= 11 is 0. The predicted octanol–water partition coefficient (Wildman–Crippen LogP) is 1.67. The number of rotatable bonds is 2. The van der Waals surface area contributed by atoms with Gasteiger partial charge in [-0.3, -0.25) is 0 Å². The van der Waals surface area contributed by atoms with E-state index < -0.39 is 0 Å². The lowest BCUT2D eigenvalue weighted by Gasteiger charge is -2.26. The molecular formula is C13H16N4O. The molecule has 0 radical (unpaired) electrons. The molecule has 3 rings (SSSR count). The van der Waals surface area contributed by atoms with Crippen molar-refractivity contribution in [2.75, 3.05) is 0 Å². The molecule has 1 aliphatic rings. The monoisotopic (exact) mass is 244 g/mol. The van der Waals surface area contributed by atoms with E-state index in [4.69, 9.17) is 10.5 Å². The molecule has 1 aromatic carbocycles. The standard InChI is InChI=1S/C13H16N4O/c14-9-4-3-5-10(8-9)18-13-15-11-6-1-2-7-12(11)16-17-13/h1-2,6-7,9-10H,3-5,8,14H2. The van der Waals surface area contributed by atoms with Crippen molar-refractivity contribution < 1.29 is 4.74 Å². The first-order chi connectivity index (χ1) is 8.81. The van der Waals surface area contributed by atoms with Crippen molar-refractivity contribution in [3.8, 4) is 6.01 Å². The molecule has 2 N–H and O–H groups in total. The molecule has 0 aliphatic heterocycles. The first-order valence-corrected chi connectivity index (χ1v) is 6.33. The van der Waals surface area contributed by atoms with Gasteiger partial charge in [0.15, 0.2) is 0 Å². The number of aromatic nitrogens is 3. The zero-order valence-electron chi connectivity index (χ0n) is 10.1. The van der Waals surface area contributed by atoms with Crippen LogP contribution < -0.4 is 10.5 Å². The molecule has 0 saturated heterocycles. The van der Waals surface area contributed by atoms with Gasteiger partial charge in [-0.2, -0.15) is 4.98 Å². The minimum Gasteiger partial charge on any atom is -0.459 e. The number of para-hydroxylation sites is 1. The van der Waals surface area contributed by atoms with Crippen molar-refractivity contribution >= 4 is 11.0 Å². The fourth-order valence-electron chi connectivity index (χ4n) is 2.35. The number of fused-ring (bicyclic) bond motifs is 1. The molecular weight excluding hydrogens is 228 g/mol. The van der Waals surface area contributed by atoms with Gasteiger partial charge in [0.2, 0.25) is 0 Å². The van der Waals surface area contributed by atoms with Crippen LogP contribution >= 0.6 is 0 Å². The van der Waals surface area contributed by atoms with Crippen LogP contribution in [0, 0.1) is 0 Å². The summed E-state index contributed by atoms with van der Waals surface area (Å²) in [6.07, 6.45) is 4.19. The zero-order chi connectivity index (χ0) is 12.4. The molecule has 0 bridgehead atoms. The second kappa shape index (κ2) is 4.86. The second-order valence-corrected chi connectivity index (χ2v) is 4.75. The highest BCUT2D eigenvalue weighted by Crippen LogP contribution is 2.21. The Labute approximate surface area is 105 Å². The Bertz CT molecular complexity index is 545. The first kappa shape index (κ1) is 11.3. The number of hydrogen-bond acceptors (Lipinski definition) is 5. The minimum absolute atomic E-state index is 0.122. The van der Waals surface area contributed by atoms with Crippen LogP contribution in [0.5, 0.6) is 6.01 Å². The van der Waals surface area contributed by atoms with Crippen LogP contribution in [0.15, 0.2) is 24.3 Å². The van der Waals surface area contributed by atoms with Gasteiger partial charge < -0.3 is 10.5 Å². The number of ether oxygens (including phenoxy) is 1. The highest BCUT2D eigenvalue weighted by Gasteiger charge is 2.21. The molecule has 1 aliphatic carbocycles. The summed E-state index contributed by atoms with van der Waals surface area (Å²) < 4.78 is 5.77. The largest absolute Gasteiger partial charge is 0.459 e. The molecule has 1 heterocycles. The van der Waals surface area contributed by atoms with Crippen molar-refractivity contribution in [2.45, 2.75) is 37.8 Å². The summed E-state index contributed by atoms with van der Waals surface area (Å²) in [5.41, 5.74) is 7.52. The first-order valence-electron chi connectivity index (χ1n) is 6.33. The van der Waals surface area contributed by atoms with E-state index in [1.165, 1.54) is 0 Å². The summed E-state index contributed by atoms with van der Waals surface area (Å²) in [5, 5.41) is 8.10. The Morgan fingerprint density at radius 1 is 1.11 bits per heavy atom. The van der Waals surface area contributed by atoms with Crippen molar-refractivity contribution in [1.29, 1.82) is 0 Å². The number of nitrogens with two attached hydrogens (primary N) is 1. The predicted molar refractivity (Wildman–Crippen MR) is 68.2 cm³/mol. The minimum atomic E-state index is 0.122. The fraction of sp³-hybridized carbons (Fsp3) is 0.462. The molecule has 0 amide bonds. The molecule has 1 saturated carbocycles. The highest BCUT2D eigenvalue weighted by molar-refractivity contribution is 5.73. The Morgan fingerprint density at radius 3 is 2.78 bits per heavy atom. The Kier molecular flexibility index (Phi) is 3.06. The third kappa shape index (κ3) is 2.41. The molecule has 2 aromatic rings. The Balaban J connectivity index is 1.78. The van der Waals surface area contributed by atoms with E-state index >= 15 is 0 Å². The second-order valence-electron chi connectivity index (χ2n) is 4.75. The molecule has 18 heavy (non-hydrogen) atoms. The zero-order valence-corrected chi connectivity index (χ0v) is 10.1. The van der Waals surface area contributed by atoms with Crippen molar-refractivity contribution in [3.05, 3.63) is 24.3 Å². The molecule has 5 heteroatoms. The molecule has 5 nitrogen and oxygen atoms in total. The smallest absolute Gasteiger partial charge is 0.336 e. The average Bonchev–Trinajstić information content (AvgIpc) is 2.39. The molecule has 1 aromatic heterocycles. The third-order valence-corrected chi connectivity index (χ3v) is 3.28. The van der Waals surface area contributed by atoms with E-state index in [0.717, 1.165) is 36.7 Å². The Hall–Kier alpha value is -1.75. The van der Waals surface area contributed by atoms with E-state index in [-0.39, 0.29) is 12.1 Å². The molecule has 94 valence electrons. The average molecular weight is 244 g/mol. The summed E-state index contributed by atoms with van der Waals surface area (Å²) in [6, 6.07) is 8.22. The topological polar surface area (TPSA) is 73.9 Å². The van der Waals surface area contributed by atoms with Gasteiger partial charge >= 0.3 is 6.01 Å². The highest BCUT2D eigenvalue weighted by atomic mass is 16.5. The lowest BCUT2D eigenvalue weighted by Crippen LogP contribution is -2.34. The Morgan fingerprint density at radius 2 is 1.94 bits per heavy atom. The summed E-state index contributed by atoms with van der Waals surface area (Å²) in [7, 11) is 0. The third-order valence-electron chi connectivity index (χ3n) is 3.28. The number of benzene rings is 1. The van der Waals surface area contributed by atoms with Crippen LogP contribution in [0.1, 0.15) is 25.7 Å². The maximum Gasteiger partial charge on any atom is 0.336 e. The van der Waals surface area contributed by atoms with Crippen LogP contribution in [0.3, 0.4) is 0 Å². The number of nitrogens with zero attached hydrogens (tertiary/aromatic N) is 3. The lowest BCUT2D eigenvalue weighted by atomic mass is 9.94. The van der Waals surface area contributed by atoms with E-state index in [0.29, 0.717) is 6.01 Å². The van der Waals surface area contributed by atoms with Crippen molar-refractivity contribution in [1.82, 2.24) is 15.2 Å². The van der Waals surface area contributed by atoms with E-state index in [1.807, 2.05) is 24.3 Å². The van der Waals surface area contributed by atoms with Crippen LogP contribution in [0.2, 0.25) is 0 Å². The summed E-state index contributed by atoms with van der Waals surface area (Å²) in [6.45, 7) is 0. The van der Waals surface area contributed by atoms with E-state index in [1.54, 1.807) is 0 Å². The van der Waals surface area contributed by atoms with Crippen LogP contribution in [0.4, 0.5) is 0 Å².